The van der Waals surface area contributed by atoms with Crippen molar-refractivity contribution in [3.05, 3.63) is 53.6 Å². The Labute approximate surface area is 120 Å². The average molecular weight is 321 g/mol. The van der Waals surface area contributed by atoms with Crippen molar-refractivity contribution in [2.24, 2.45) is 0 Å². The molecule has 110 valence electrons. The number of ketones is 1. The van der Waals surface area contributed by atoms with Crippen molar-refractivity contribution in [1.82, 2.24) is 0 Å². The maximum Gasteiger partial charge on any atom is 0.289 e. The largest absolute Gasteiger partial charge is 0.290 e. The third-order valence-corrected chi connectivity index (χ3v) is 4.09. The molecule has 0 aliphatic heterocycles. The molecule has 3 aliphatic carbocycles. The van der Waals surface area contributed by atoms with Crippen molar-refractivity contribution >= 4 is 23.0 Å². The molecule has 0 spiro atoms. The quantitative estimate of drug-likeness (QED) is 0.561. The first-order chi connectivity index (χ1) is 9.67. The second-order valence-electron chi connectivity index (χ2n) is 4.83. The first-order valence-electron chi connectivity index (χ1n) is 5.83. The highest BCUT2D eigenvalue weighted by Gasteiger charge is 2.77. The maximum absolute atomic E-state index is 14.9. The molecule has 1 nitrogen and oxygen atoms in total. The van der Waals surface area contributed by atoms with E-state index in [2.05, 4.69) is 0 Å². The fraction of sp³-hybridized carbons (Fsp3) is 0.214. The number of hydrogen-bond donors (Lipinski definition) is 0. The van der Waals surface area contributed by atoms with Crippen molar-refractivity contribution in [2.45, 2.75) is 16.5 Å². The van der Waals surface area contributed by atoms with Gasteiger partial charge in [0.2, 0.25) is 17.1 Å². The number of rotatable bonds is 1. The Morgan fingerprint density at radius 2 is 1.52 bits per heavy atom. The van der Waals surface area contributed by atoms with Gasteiger partial charge in [0.05, 0.1) is 0 Å². The predicted molar refractivity (Wildman–Crippen MR) is 66.0 cm³/mol. The van der Waals surface area contributed by atoms with Crippen molar-refractivity contribution in [3.8, 4) is 0 Å². The molecule has 3 atom stereocenters. The minimum absolute atomic E-state index is 0.111. The molecule has 0 fully saturated rings. The number of halogens is 6. The van der Waals surface area contributed by atoms with Crippen LogP contribution in [0.5, 0.6) is 0 Å². The van der Waals surface area contributed by atoms with E-state index in [1.165, 1.54) is 30.3 Å². The fourth-order valence-electron chi connectivity index (χ4n) is 2.55. The first kappa shape index (κ1) is 14.3. The summed E-state index contributed by atoms with van der Waals surface area (Å²) in [7, 11) is 0. The lowest BCUT2D eigenvalue weighted by Gasteiger charge is -2.46. The van der Waals surface area contributed by atoms with E-state index in [-0.39, 0.29) is 11.6 Å². The van der Waals surface area contributed by atoms with Crippen LogP contribution in [-0.2, 0) is 4.79 Å². The van der Waals surface area contributed by atoms with Gasteiger partial charge in [0.15, 0.2) is 11.7 Å². The van der Waals surface area contributed by atoms with Gasteiger partial charge in [-0.05, 0) is 11.6 Å². The molecule has 0 aromatic heterocycles. The molecular weight excluding hydrogens is 315 g/mol. The summed E-state index contributed by atoms with van der Waals surface area (Å²) < 4.78 is 71.0. The SMILES string of the molecule is O=C1[C@@]2(F)C=C(c3ccccc3)[C@](F)(C(F)=C2F)[C@@]1(F)Cl. The molecular formula is C14H6ClF5O. The second kappa shape index (κ2) is 3.94. The smallest absolute Gasteiger partial charge is 0.289 e. The van der Waals surface area contributed by atoms with Crippen LogP contribution < -0.4 is 0 Å². The summed E-state index contributed by atoms with van der Waals surface area (Å²) in [6.07, 6.45) is 0.239. The summed E-state index contributed by atoms with van der Waals surface area (Å²) in [5.74, 6) is -6.87. The van der Waals surface area contributed by atoms with E-state index in [0.717, 1.165) is 0 Å². The fourth-order valence-corrected chi connectivity index (χ4v) is 2.87. The highest BCUT2D eigenvalue weighted by molar-refractivity contribution is 6.39. The lowest BCUT2D eigenvalue weighted by Crippen LogP contribution is -2.64. The molecule has 2 bridgehead atoms. The van der Waals surface area contributed by atoms with Gasteiger partial charge in [-0.15, -0.1) is 0 Å². The number of allylic oxidation sites excluding steroid dienone is 4. The minimum atomic E-state index is -4.07. The number of fused-ring (bicyclic) bond motifs is 1. The third kappa shape index (κ3) is 1.43. The summed E-state index contributed by atoms with van der Waals surface area (Å²) in [5, 5.41) is -4.07. The van der Waals surface area contributed by atoms with Gasteiger partial charge in [-0.2, -0.15) is 0 Å². The second-order valence-corrected chi connectivity index (χ2v) is 5.35. The summed E-state index contributed by atoms with van der Waals surface area (Å²) in [4.78, 5) is 11.6. The van der Waals surface area contributed by atoms with Gasteiger partial charge in [0.1, 0.15) is 0 Å². The monoisotopic (exact) mass is 320 g/mol. The molecule has 4 rings (SSSR count). The number of alkyl halides is 4. The Morgan fingerprint density at radius 1 is 0.952 bits per heavy atom. The van der Waals surface area contributed by atoms with Crippen molar-refractivity contribution in [1.29, 1.82) is 0 Å². The highest BCUT2D eigenvalue weighted by atomic mass is 35.5. The Kier molecular flexibility index (Phi) is 2.68. The van der Waals surface area contributed by atoms with Gasteiger partial charge < -0.3 is 0 Å². The van der Waals surface area contributed by atoms with Gasteiger partial charge in [0.25, 0.3) is 5.13 Å². The third-order valence-electron chi connectivity index (χ3n) is 3.66. The standard InChI is InChI=1S/C14H6ClF5O/c15-14(20)11(21)12(18)6-8(7-4-2-1-3-5-7)13(14,19)10(17)9(12)16/h1-6H/t12-,13+,14-/m1/s1. The maximum atomic E-state index is 14.9. The van der Waals surface area contributed by atoms with Gasteiger partial charge in [0, 0.05) is 5.57 Å². The van der Waals surface area contributed by atoms with Crippen LogP contribution in [0.3, 0.4) is 0 Å². The van der Waals surface area contributed by atoms with E-state index in [1.807, 2.05) is 0 Å². The van der Waals surface area contributed by atoms with Crippen LogP contribution >= 0.6 is 11.6 Å². The van der Waals surface area contributed by atoms with Crippen LogP contribution in [0, 0.1) is 0 Å². The minimum Gasteiger partial charge on any atom is -0.290 e. The Morgan fingerprint density at radius 3 is 2.10 bits per heavy atom. The van der Waals surface area contributed by atoms with Gasteiger partial charge in [-0.1, -0.05) is 41.9 Å². The van der Waals surface area contributed by atoms with Crippen LogP contribution in [0.4, 0.5) is 22.0 Å². The molecule has 3 aliphatic rings. The number of hydrogen-bond acceptors (Lipinski definition) is 1. The molecule has 0 amide bonds. The van der Waals surface area contributed by atoms with E-state index in [4.69, 9.17) is 11.6 Å². The van der Waals surface area contributed by atoms with E-state index >= 15 is 0 Å². The summed E-state index contributed by atoms with van der Waals surface area (Å²) in [6, 6.07) is 6.81. The molecule has 1 aromatic rings. The summed E-state index contributed by atoms with van der Waals surface area (Å²) >= 11 is 5.14. The Balaban J connectivity index is 2.37. The zero-order valence-corrected chi connectivity index (χ0v) is 10.9. The van der Waals surface area contributed by atoms with Gasteiger partial charge in [-0.25, -0.2) is 22.0 Å². The molecule has 21 heavy (non-hydrogen) atoms. The number of Topliss-reactive ketones (excluding diaryl/α,β-unsaturated/α-hetero) is 1. The first-order valence-corrected chi connectivity index (χ1v) is 6.20. The molecule has 7 heteroatoms. The molecule has 0 saturated carbocycles. The van der Waals surface area contributed by atoms with Crippen molar-refractivity contribution in [2.75, 3.05) is 0 Å². The van der Waals surface area contributed by atoms with Gasteiger partial charge in [-0.3, -0.25) is 4.79 Å². The van der Waals surface area contributed by atoms with Crippen molar-refractivity contribution < 1.29 is 26.7 Å². The molecule has 0 saturated heterocycles. The average Bonchev–Trinajstić information content (AvgIpc) is 2.47. The summed E-state index contributed by atoms with van der Waals surface area (Å²) in [5.41, 5.74) is -8.63. The van der Waals surface area contributed by atoms with Crippen LogP contribution in [0.25, 0.3) is 5.57 Å². The zero-order chi connectivity index (χ0) is 15.6. The van der Waals surface area contributed by atoms with E-state index < -0.39 is 39.5 Å². The zero-order valence-electron chi connectivity index (χ0n) is 10.1. The molecule has 0 unspecified atom stereocenters. The number of carbonyl (C=O) groups is 1. The number of benzene rings is 1. The predicted octanol–water partition coefficient (Wildman–Crippen LogP) is 4.14. The lowest BCUT2D eigenvalue weighted by atomic mass is 9.67. The Bertz CT molecular complexity index is 711. The summed E-state index contributed by atoms with van der Waals surface area (Å²) in [6.45, 7) is 0. The normalized spacial score (nSPS) is 38.8. The van der Waals surface area contributed by atoms with Crippen LogP contribution in [0.2, 0.25) is 0 Å². The van der Waals surface area contributed by atoms with Gasteiger partial charge >= 0.3 is 0 Å². The van der Waals surface area contributed by atoms with Crippen molar-refractivity contribution in [3.63, 3.8) is 0 Å². The van der Waals surface area contributed by atoms with E-state index in [9.17, 15) is 26.7 Å². The molecule has 0 N–H and O–H groups in total. The van der Waals surface area contributed by atoms with E-state index in [0.29, 0.717) is 0 Å². The number of carbonyl (C=O) groups excluding carboxylic acids is 1. The van der Waals surface area contributed by atoms with Crippen LogP contribution in [0.1, 0.15) is 5.56 Å². The highest BCUT2D eigenvalue weighted by Crippen LogP contribution is 2.62. The van der Waals surface area contributed by atoms with Crippen LogP contribution in [0.15, 0.2) is 48.1 Å². The Hall–Kier alpha value is -1.69. The molecule has 0 heterocycles. The lowest BCUT2D eigenvalue weighted by molar-refractivity contribution is -0.143. The topological polar surface area (TPSA) is 17.1 Å². The van der Waals surface area contributed by atoms with E-state index in [1.54, 1.807) is 0 Å². The molecule has 1 aromatic carbocycles. The van der Waals surface area contributed by atoms with Crippen LogP contribution in [-0.4, -0.2) is 22.2 Å². The molecule has 0 radical (unpaired) electrons.